The van der Waals surface area contributed by atoms with Crippen molar-refractivity contribution in [2.24, 2.45) is 0 Å². The van der Waals surface area contributed by atoms with Crippen LogP contribution in [0.4, 0.5) is 0 Å². The van der Waals surface area contributed by atoms with Crippen molar-refractivity contribution in [2.75, 3.05) is 40.0 Å². The predicted octanol–water partition coefficient (Wildman–Crippen LogP) is 1.39. The van der Waals surface area contributed by atoms with Crippen LogP contribution in [0.2, 0.25) is 0 Å². The maximum absolute atomic E-state index is 13.0. The minimum absolute atomic E-state index is 0.0138. The van der Waals surface area contributed by atoms with E-state index in [1.54, 1.807) is 23.5 Å². The fraction of sp³-hybridized carbons (Fsp3) is 0.571. The summed E-state index contributed by atoms with van der Waals surface area (Å²) in [4.78, 5) is 33.5. The average Bonchev–Trinajstić information content (AvgIpc) is 3.52. The summed E-state index contributed by atoms with van der Waals surface area (Å²) < 4.78 is 18.2. The van der Waals surface area contributed by atoms with Gasteiger partial charge in [0.25, 0.3) is 5.91 Å². The Labute approximate surface area is 175 Å². The lowest BCUT2D eigenvalue weighted by Gasteiger charge is -2.38. The number of nitrogens with zero attached hydrogens (tertiary/aromatic N) is 4. The van der Waals surface area contributed by atoms with Crippen molar-refractivity contribution >= 4 is 11.8 Å². The molecule has 0 aromatic carbocycles. The molecular weight excluding hydrogens is 388 g/mol. The number of methoxy groups -OCH3 is 1. The molecule has 9 heteroatoms. The first kappa shape index (κ1) is 20.6. The minimum atomic E-state index is -0.138. The molecular formula is C21H28N4O5. The van der Waals surface area contributed by atoms with Crippen LogP contribution in [0.3, 0.4) is 0 Å². The van der Waals surface area contributed by atoms with E-state index in [9.17, 15) is 9.59 Å². The van der Waals surface area contributed by atoms with Gasteiger partial charge in [0, 0.05) is 51.8 Å². The molecule has 4 heterocycles. The molecule has 0 N–H and O–H groups in total. The van der Waals surface area contributed by atoms with Crippen LogP contribution < -0.4 is 0 Å². The highest BCUT2D eigenvalue weighted by molar-refractivity contribution is 5.91. The Morgan fingerprint density at radius 3 is 2.80 bits per heavy atom. The summed E-state index contributed by atoms with van der Waals surface area (Å²) in [7, 11) is 1.53. The van der Waals surface area contributed by atoms with Gasteiger partial charge in [0.2, 0.25) is 5.91 Å². The molecule has 2 fully saturated rings. The highest BCUT2D eigenvalue weighted by Crippen LogP contribution is 2.25. The molecule has 2 amide bonds. The van der Waals surface area contributed by atoms with Crippen molar-refractivity contribution in [1.82, 2.24) is 19.4 Å². The fourth-order valence-corrected chi connectivity index (χ4v) is 4.31. The van der Waals surface area contributed by atoms with E-state index in [0.29, 0.717) is 44.4 Å². The van der Waals surface area contributed by atoms with Crippen LogP contribution in [0.15, 0.2) is 35.3 Å². The van der Waals surface area contributed by atoms with Crippen LogP contribution in [0.5, 0.6) is 0 Å². The largest absolute Gasteiger partial charge is 0.454 e. The second-order valence-electron chi connectivity index (χ2n) is 7.77. The molecule has 1 unspecified atom stereocenters. The van der Waals surface area contributed by atoms with Crippen LogP contribution in [0.25, 0.3) is 0 Å². The number of rotatable bonds is 7. The molecule has 2 aromatic rings. The van der Waals surface area contributed by atoms with Gasteiger partial charge < -0.3 is 28.3 Å². The SMILES string of the molecule is COCC(=O)N(C1CCOCC1)C1CCN(C(=O)c2ccc(Cn3ccnc3)o2)C1. The first-order valence-electron chi connectivity index (χ1n) is 10.4. The predicted molar refractivity (Wildman–Crippen MR) is 107 cm³/mol. The van der Waals surface area contributed by atoms with Crippen molar-refractivity contribution in [3.8, 4) is 0 Å². The minimum Gasteiger partial charge on any atom is -0.454 e. The number of carbonyl (C=O) groups excluding carboxylic acids is 2. The zero-order valence-corrected chi connectivity index (χ0v) is 17.2. The zero-order valence-electron chi connectivity index (χ0n) is 17.2. The molecule has 1 atom stereocenters. The first-order chi connectivity index (χ1) is 14.7. The second-order valence-corrected chi connectivity index (χ2v) is 7.77. The second kappa shape index (κ2) is 9.44. The van der Waals surface area contributed by atoms with Crippen molar-refractivity contribution in [2.45, 2.75) is 37.9 Å². The van der Waals surface area contributed by atoms with Crippen molar-refractivity contribution in [3.05, 3.63) is 42.4 Å². The lowest BCUT2D eigenvalue weighted by atomic mass is 10.0. The van der Waals surface area contributed by atoms with Crippen LogP contribution >= 0.6 is 0 Å². The Bertz CT molecular complexity index is 843. The molecule has 0 radical (unpaired) electrons. The number of aromatic nitrogens is 2. The number of carbonyl (C=O) groups is 2. The Morgan fingerprint density at radius 2 is 2.07 bits per heavy atom. The average molecular weight is 416 g/mol. The molecule has 0 saturated carbocycles. The van der Waals surface area contributed by atoms with E-state index in [2.05, 4.69) is 4.98 Å². The number of hydrogen-bond donors (Lipinski definition) is 0. The zero-order chi connectivity index (χ0) is 20.9. The molecule has 2 aliphatic heterocycles. The normalized spacial score (nSPS) is 19.9. The van der Waals surface area contributed by atoms with Crippen LogP contribution in [0, 0.1) is 0 Å². The summed E-state index contributed by atoms with van der Waals surface area (Å²) in [6.07, 6.45) is 7.63. The van der Waals surface area contributed by atoms with Crippen molar-refractivity contribution in [3.63, 3.8) is 0 Å². The molecule has 4 rings (SSSR count). The summed E-state index contributed by atoms with van der Waals surface area (Å²) >= 11 is 0. The number of furan rings is 1. The van der Waals surface area contributed by atoms with Crippen molar-refractivity contribution in [1.29, 1.82) is 0 Å². The molecule has 2 saturated heterocycles. The molecule has 0 aliphatic carbocycles. The number of hydrogen-bond acceptors (Lipinski definition) is 6. The monoisotopic (exact) mass is 416 g/mol. The molecule has 162 valence electrons. The maximum atomic E-state index is 13.0. The molecule has 0 bridgehead atoms. The Kier molecular flexibility index (Phi) is 6.49. The fourth-order valence-electron chi connectivity index (χ4n) is 4.31. The van der Waals surface area contributed by atoms with Gasteiger partial charge in [-0.05, 0) is 31.4 Å². The third-order valence-corrected chi connectivity index (χ3v) is 5.75. The van der Waals surface area contributed by atoms with Gasteiger partial charge >= 0.3 is 0 Å². The number of ether oxygens (including phenoxy) is 2. The third kappa shape index (κ3) is 4.57. The van der Waals surface area contributed by atoms with E-state index >= 15 is 0 Å². The van der Waals surface area contributed by atoms with Gasteiger partial charge in [-0.2, -0.15) is 0 Å². The quantitative estimate of drug-likeness (QED) is 0.678. The van der Waals surface area contributed by atoms with Crippen LogP contribution in [-0.2, 0) is 20.8 Å². The van der Waals surface area contributed by atoms with Crippen LogP contribution in [-0.4, -0.2) is 83.3 Å². The van der Waals surface area contributed by atoms with E-state index in [-0.39, 0.29) is 30.5 Å². The first-order valence-corrected chi connectivity index (χ1v) is 10.4. The molecule has 9 nitrogen and oxygen atoms in total. The van der Waals surface area contributed by atoms with Gasteiger partial charge in [0.15, 0.2) is 5.76 Å². The number of likely N-dealkylation sites (tertiary alicyclic amines) is 1. The Balaban J connectivity index is 1.41. The van der Waals surface area contributed by atoms with E-state index in [4.69, 9.17) is 13.9 Å². The summed E-state index contributed by atoms with van der Waals surface area (Å²) in [6.45, 7) is 2.99. The van der Waals surface area contributed by atoms with E-state index in [0.717, 1.165) is 19.3 Å². The van der Waals surface area contributed by atoms with Crippen molar-refractivity contribution < 1.29 is 23.5 Å². The van der Waals surface area contributed by atoms with Gasteiger partial charge in [-0.1, -0.05) is 0 Å². The van der Waals surface area contributed by atoms with Gasteiger partial charge in [0.1, 0.15) is 12.4 Å². The lowest BCUT2D eigenvalue weighted by molar-refractivity contribution is -0.142. The van der Waals surface area contributed by atoms with E-state index in [1.807, 2.05) is 21.7 Å². The van der Waals surface area contributed by atoms with Gasteiger partial charge in [-0.15, -0.1) is 0 Å². The molecule has 30 heavy (non-hydrogen) atoms. The topological polar surface area (TPSA) is 90.0 Å². The van der Waals surface area contributed by atoms with E-state index in [1.165, 1.54) is 7.11 Å². The standard InChI is InChI=1S/C21H28N4O5/c1-28-14-20(26)25(16-5-10-29-11-6-16)17-4-8-24(12-17)21(27)19-3-2-18(30-19)13-23-9-7-22-15-23/h2-3,7,9,15-17H,4-6,8,10-14H2,1H3. The number of imidazole rings is 1. The summed E-state index contributed by atoms with van der Waals surface area (Å²) in [5, 5.41) is 0. The summed E-state index contributed by atoms with van der Waals surface area (Å²) in [5.74, 6) is 0.864. The molecule has 2 aromatic heterocycles. The Morgan fingerprint density at radius 1 is 1.23 bits per heavy atom. The maximum Gasteiger partial charge on any atom is 0.289 e. The lowest BCUT2D eigenvalue weighted by Crippen LogP contribution is -2.51. The molecule has 2 aliphatic rings. The van der Waals surface area contributed by atoms with Crippen LogP contribution in [0.1, 0.15) is 35.6 Å². The van der Waals surface area contributed by atoms with E-state index < -0.39 is 0 Å². The number of amides is 2. The smallest absolute Gasteiger partial charge is 0.289 e. The van der Waals surface area contributed by atoms with Gasteiger partial charge in [-0.25, -0.2) is 4.98 Å². The third-order valence-electron chi connectivity index (χ3n) is 5.75. The van der Waals surface area contributed by atoms with Gasteiger partial charge in [-0.3, -0.25) is 9.59 Å². The summed E-state index contributed by atoms with van der Waals surface area (Å²) in [6, 6.07) is 3.65. The summed E-state index contributed by atoms with van der Waals surface area (Å²) in [5.41, 5.74) is 0. The van der Waals surface area contributed by atoms with Gasteiger partial charge in [0.05, 0.1) is 18.9 Å². The highest BCUT2D eigenvalue weighted by Gasteiger charge is 2.37. The Hall–Kier alpha value is -2.65. The molecule has 0 spiro atoms. The highest BCUT2D eigenvalue weighted by atomic mass is 16.5.